The molecule has 1 amide bonds. The maximum atomic E-state index is 12.4. The van der Waals surface area contributed by atoms with Crippen molar-refractivity contribution in [1.82, 2.24) is 4.72 Å². The van der Waals surface area contributed by atoms with Crippen molar-refractivity contribution in [1.29, 1.82) is 0 Å². The summed E-state index contributed by atoms with van der Waals surface area (Å²) in [5.74, 6) is -0.149. The Balaban J connectivity index is 1.84. The van der Waals surface area contributed by atoms with Gasteiger partial charge < -0.3 is 4.90 Å². The number of amides is 1. The van der Waals surface area contributed by atoms with Crippen molar-refractivity contribution in [2.24, 2.45) is 0 Å². The Morgan fingerprint density at radius 3 is 2.76 bits per heavy atom. The molecule has 2 heterocycles. The van der Waals surface area contributed by atoms with Crippen molar-refractivity contribution >= 4 is 21.6 Å². The molecule has 21 heavy (non-hydrogen) atoms. The van der Waals surface area contributed by atoms with Crippen LogP contribution >= 0.6 is 0 Å². The van der Waals surface area contributed by atoms with Gasteiger partial charge in [-0.15, -0.1) is 0 Å². The van der Waals surface area contributed by atoms with Gasteiger partial charge in [0, 0.05) is 12.6 Å². The van der Waals surface area contributed by atoms with Crippen molar-refractivity contribution in [3.63, 3.8) is 0 Å². The second-order valence-corrected chi connectivity index (χ2v) is 7.94. The summed E-state index contributed by atoms with van der Waals surface area (Å²) in [6.07, 6.45) is 3.56. The first kappa shape index (κ1) is 13.3. The van der Waals surface area contributed by atoms with E-state index < -0.39 is 10.0 Å². The zero-order valence-electron chi connectivity index (χ0n) is 11.9. The lowest BCUT2D eigenvalue weighted by Gasteiger charge is -2.26. The van der Waals surface area contributed by atoms with Crippen LogP contribution in [0.25, 0.3) is 0 Å². The molecule has 1 N–H and O–H groups in total. The van der Waals surface area contributed by atoms with Crippen LogP contribution in [0.3, 0.4) is 0 Å². The molecule has 0 radical (unpaired) electrons. The summed E-state index contributed by atoms with van der Waals surface area (Å²) in [5.41, 5.74) is 2.82. The van der Waals surface area contributed by atoms with Gasteiger partial charge in [0.25, 0.3) is 0 Å². The highest BCUT2D eigenvalue weighted by Gasteiger charge is 2.39. The predicted octanol–water partition coefficient (Wildman–Crippen LogP) is 1.52. The number of hydrogen-bond acceptors (Lipinski definition) is 3. The third-order valence-electron chi connectivity index (χ3n) is 4.60. The number of benzene rings is 1. The molecule has 1 aromatic rings. The van der Waals surface area contributed by atoms with Crippen LogP contribution in [0.15, 0.2) is 17.0 Å². The molecule has 3 aliphatic rings. The summed E-state index contributed by atoms with van der Waals surface area (Å²) in [5, 5.41) is 0. The van der Waals surface area contributed by atoms with E-state index in [1.807, 2.05) is 11.8 Å². The number of nitrogens with one attached hydrogen (secondary N) is 1. The monoisotopic (exact) mass is 306 g/mol. The van der Waals surface area contributed by atoms with Crippen LogP contribution in [0, 0.1) is 0 Å². The van der Waals surface area contributed by atoms with Crippen LogP contribution in [0.2, 0.25) is 0 Å². The van der Waals surface area contributed by atoms with Crippen LogP contribution in [-0.2, 0) is 21.2 Å². The molecule has 0 bridgehead atoms. The Morgan fingerprint density at radius 1 is 1.29 bits per heavy atom. The fraction of sp³-hybridized carbons (Fsp3) is 0.533. The molecule has 1 saturated carbocycles. The van der Waals surface area contributed by atoms with Gasteiger partial charge in [-0.1, -0.05) is 0 Å². The summed E-state index contributed by atoms with van der Waals surface area (Å²) >= 11 is 0. The van der Waals surface area contributed by atoms with Gasteiger partial charge in [0.2, 0.25) is 15.9 Å². The zero-order valence-corrected chi connectivity index (χ0v) is 12.7. The lowest BCUT2D eigenvalue weighted by Crippen LogP contribution is -2.32. The average Bonchev–Trinajstić information content (AvgIpc) is 3.23. The first-order valence-electron chi connectivity index (χ1n) is 7.48. The van der Waals surface area contributed by atoms with Gasteiger partial charge in [-0.25, -0.2) is 13.1 Å². The average molecular weight is 306 g/mol. The highest BCUT2D eigenvalue weighted by Crippen LogP contribution is 2.43. The molecule has 1 atom stereocenters. The molecular weight excluding hydrogens is 288 g/mol. The van der Waals surface area contributed by atoms with Crippen molar-refractivity contribution < 1.29 is 13.2 Å². The smallest absolute Gasteiger partial charge is 0.240 e. The molecule has 6 heteroatoms. The lowest BCUT2D eigenvalue weighted by atomic mass is 9.97. The largest absolute Gasteiger partial charge is 0.311 e. The molecule has 0 saturated heterocycles. The number of nitrogens with zero attached hydrogens (tertiary/aromatic N) is 1. The molecule has 0 aromatic heterocycles. The third-order valence-corrected chi connectivity index (χ3v) is 6.10. The Morgan fingerprint density at radius 2 is 2.05 bits per heavy atom. The minimum atomic E-state index is -3.47. The standard InChI is InChI=1S/C15H18N2O3S/c1-9-13-8-12(21(19,20)16-11-4-5-11)7-10-3-2-6-17(14(10)13)15(9)18/h7-9,11,16H,2-6H2,1H3/t9-/m0/s1. The third kappa shape index (κ3) is 2.00. The van der Waals surface area contributed by atoms with E-state index in [-0.39, 0.29) is 17.9 Å². The van der Waals surface area contributed by atoms with Gasteiger partial charge in [-0.05, 0) is 55.9 Å². The van der Waals surface area contributed by atoms with E-state index >= 15 is 0 Å². The second-order valence-electron chi connectivity index (χ2n) is 6.23. The van der Waals surface area contributed by atoms with Crippen molar-refractivity contribution in [3.05, 3.63) is 23.3 Å². The topological polar surface area (TPSA) is 66.5 Å². The van der Waals surface area contributed by atoms with Crippen molar-refractivity contribution in [2.45, 2.75) is 49.5 Å². The summed E-state index contributed by atoms with van der Waals surface area (Å²) in [6.45, 7) is 2.61. The first-order valence-corrected chi connectivity index (χ1v) is 8.96. The Hall–Kier alpha value is -1.40. The number of carbonyl (C=O) groups excluding carboxylic acids is 1. The van der Waals surface area contributed by atoms with Gasteiger partial charge >= 0.3 is 0 Å². The van der Waals surface area contributed by atoms with E-state index in [0.717, 1.165) is 49.0 Å². The minimum Gasteiger partial charge on any atom is -0.311 e. The molecule has 112 valence electrons. The lowest BCUT2D eigenvalue weighted by molar-refractivity contribution is -0.119. The molecular formula is C15H18N2O3S. The van der Waals surface area contributed by atoms with Crippen molar-refractivity contribution in [2.75, 3.05) is 11.4 Å². The van der Waals surface area contributed by atoms with E-state index in [0.29, 0.717) is 4.90 Å². The minimum absolute atomic E-state index is 0.0927. The molecule has 5 nitrogen and oxygen atoms in total. The maximum Gasteiger partial charge on any atom is 0.240 e. The number of hydrogen-bond donors (Lipinski definition) is 1. The first-order chi connectivity index (χ1) is 9.97. The number of anilines is 1. The Kier molecular flexibility index (Phi) is 2.72. The van der Waals surface area contributed by atoms with E-state index in [1.165, 1.54) is 0 Å². The molecule has 1 fully saturated rings. The normalized spacial score (nSPS) is 24.3. The molecule has 1 aromatic carbocycles. The number of rotatable bonds is 3. The zero-order chi connectivity index (χ0) is 14.8. The van der Waals surface area contributed by atoms with E-state index in [1.54, 1.807) is 12.1 Å². The number of aryl methyl sites for hydroxylation is 1. The van der Waals surface area contributed by atoms with Gasteiger partial charge in [0.1, 0.15) is 0 Å². The predicted molar refractivity (Wildman–Crippen MR) is 78.9 cm³/mol. The molecule has 1 aliphatic carbocycles. The molecule has 2 aliphatic heterocycles. The van der Waals surface area contributed by atoms with E-state index in [9.17, 15) is 13.2 Å². The van der Waals surface area contributed by atoms with E-state index in [4.69, 9.17) is 0 Å². The van der Waals surface area contributed by atoms with Gasteiger partial charge in [0.15, 0.2) is 0 Å². The second kappa shape index (κ2) is 4.30. The summed E-state index contributed by atoms with van der Waals surface area (Å²) in [7, 11) is -3.47. The van der Waals surface area contributed by atoms with Gasteiger partial charge in [0.05, 0.1) is 16.5 Å². The molecule has 4 rings (SSSR count). The summed E-state index contributed by atoms with van der Waals surface area (Å²) in [6, 6.07) is 3.54. The SMILES string of the molecule is C[C@@H]1C(=O)N2CCCc3cc(S(=O)(=O)NC4CC4)cc1c32. The van der Waals surface area contributed by atoms with Gasteiger partial charge in [-0.3, -0.25) is 4.79 Å². The Bertz CT molecular complexity index is 738. The molecule has 0 spiro atoms. The van der Waals surface area contributed by atoms with Crippen LogP contribution in [0.5, 0.6) is 0 Å². The fourth-order valence-electron chi connectivity index (χ4n) is 3.31. The summed E-state index contributed by atoms with van der Waals surface area (Å²) < 4.78 is 27.6. The number of carbonyl (C=O) groups is 1. The van der Waals surface area contributed by atoms with Crippen LogP contribution in [0.1, 0.15) is 43.2 Å². The van der Waals surface area contributed by atoms with Gasteiger partial charge in [-0.2, -0.15) is 0 Å². The number of sulfonamides is 1. The highest BCUT2D eigenvalue weighted by molar-refractivity contribution is 7.89. The fourth-order valence-corrected chi connectivity index (χ4v) is 4.70. The highest BCUT2D eigenvalue weighted by atomic mass is 32.2. The van der Waals surface area contributed by atoms with E-state index in [2.05, 4.69) is 4.72 Å². The Labute approximate surface area is 124 Å². The van der Waals surface area contributed by atoms with Crippen molar-refractivity contribution in [3.8, 4) is 0 Å². The summed E-state index contributed by atoms with van der Waals surface area (Å²) in [4.78, 5) is 14.4. The maximum absolute atomic E-state index is 12.4. The molecule has 0 unspecified atom stereocenters. The van der Waals surface area contributed by atoms with Crippen LogP contribution < -0.4 is 9.62 Å². The van der Waals surface area contributed by atoms with Crippen LogP contribution in [0.4, 0.5) is 5.69 Å². The quantitative estimate of drug-likeness (QED) is 0.921. The van der Waals surface area contributed by atoms with Crippen LogP contribution in [-0.4, -0.2) is 26.9 Å².